The SMILES string of the molecule is CC(C)NC(=O)c1ccccc1NC(=O)C1CC1c1ccc(Cl)c(Cl)c1. The third-order valence-electron chi connectivity index (χ3n) is 4.35. The number of carbonyl (C=O) groups is 2. The summed E-state index contributed by atoms with van der Waals surface area (Å²) in [6.07, 6.45) is 0.754. The first-order chi connectivity index (χ1) is 12.4. The summed E-state index contributed by atoms with van der Waals surface area (Å²) >= 11 is 12.0. The Hall–Kier alpha value is -2.04. The van der Waals surface area contributed by atoms with Gasteiger partial charge in [0.25, 0.3) is 5.91 Å². The molecule has 4 nitrogen and oxygen atoms in total. The van der Waals surface area contributed by atoms with Crippen LogP contribution in [-0.4, -0.2) is 17.9 Å². The maximum atomic E-state index is 12.6. The lowest BCUT2D eigenvalue weighted by atomic mass is 10.1. The van der Waals surface area contributed by atoms with Gasteiger partial charge in [0.2, 0.25) is 5.91 Å². The average Bonchev–Trinajstić information content (AvgIpc) is 3.38. The molecule has 26 heavy (non-hydrogen) atoms. The number of para-hydroxylation sites is 1. The van der Waals surface area contributed by atoms with Gasteiger partial charge >= 0.3 is 0 Å². The number of benzene rings is 2. The van der Waals surface area contributed by atoms with Crippen molar-refractivity contribution in [3.8, 4) is 0 Å². The molecule has 6 heteroatoms. The van der Waals surface area contributed by atoms with E-state index in [-0.39, 0.29) is 29.7 Å². The van der Waals surface area contributed by atoms with Gasteiger partial charge in [-0.2, -0.15) is 0 Å². The molecule has 2 aromatic rings. The van der Waals surface area contributed by atoms with Gasteiger partial charge in [-0.25, -0.2) is 0 Å². The maximum Gasteiger partial charge on any atom is 0.253 e. The Bertz CT molecular complexity index is 851. The van der Waals surface area contributed by atoms with E-state index in [1.807, 2.05) is 26.0 Å². The van der Waals surface area contributed by atoms with Crippen LogP contribution in [0.15, 0.2) is 42.5 Å². The van der Waals surface area contributed by atoms with Crippen molar-refractivity contribution in [2.45, 2.75) is 32.2 Å². The fourth-order valence-electron chi connectivity index (χ4n) is 2.95. The summed E-state index contributed by atoms with van der Waals surface area (Å²) in [4.78, 5) is 24.9. The summed E-state index contributed by atoms with van der Waals surface area (Å²) in [6.45, 7) is 3.79. The first kappa shape index (κ1) is 18.7. The summed E-state index contributed by atoms with van der Waals surface area (Å²) in [6, 6.07) is 12.5. The second-order valence-electron chi connectivity index (χ2n) is 6.79. The molecule has 0 spiro atoms. The van der Waals surface area contributed by atoms with Crippen molar-refractivity contribution in [3.05, 3.63) is 63.6 Å². The minimum absolute atomic E-state index is 0.0220. The molecular weight excluding hydrogens is 371 g/mol. The first-order valence-electron chi connectivity index (χ1n) is 8.52. The second kappa shape index (κ2) is 7.68. The van der Waals surface area contributed by atoms with E-state index in [1.165, 1.54) is 0 Å². The Morgan fingerprint density at radius 1 is 1.08 bits per heavy atom. The van der Waals surface area contributed by atoms with Gasteiger partial charge in [-0.1, -0.05) is 41.4 Å². The summed E-state index contributed by atoms with van der Waals surface area (Å²) < 4.78 is 0. The fourth-order valence-corrected chi connectivity index (χ4v) is 3.26. The molecule has 2 N–H and O–H groups in total. The van der Waals surface area contributed by atoms with E-state index < -0.39 is 0 Å². The molecule has 0 radical (unpaired) electrons. The third-order valence-corrected chi connectivity index (χ3v) is 5.09. The van der Waals surface area contributed by atoms with E-state index >= 15 is 0 Å². The van der Waals surface area contributed by atoms with Gasteiger partial charge in [0.05, 0.1) is 21.3 Å². The topological polar surface area (TPSA) is 58.2 Å². The molecule has 0 saturated heterocycles. The van der Waals surface area contributed by atoms with Crippen molar-refractivity contribution >= 4 is 40.7 Å². The molecule has 0 aromatic heterocycles. The van der Waals surface area contributed by atoms with Crippen molar-refractivity contribution in [2.24, 2.45) is 5.92 Å². The zero-order valence-corrected chi connectivity index (χ0v) is 16.1. The Labute approximate surface area is 162 Å². The molecule has 1 fully saturated rings. The number of carbonyl (C=O) groups excluding carboxylic acids is 2. The van der Waals surface area contributed by atoms with Crippen LogP contribution < -0.4 is 10.6 Å². The van der Waals surface area contributed by atoms with Crippen molar-refractivity contribution in [2.75, 3.05) is 5.32 Å². The molecule has 2 unspecified atom stereocenters. The summed E-state index contributed by atoms with van der Waals surface area (Å²) in [5.41, 5.74) is 1.99. The quantitative estimate of drug-likeness (QED) is 0.764. The lowest BCUT2D eigenvalue weighted by Crippen LogP contribution is -2.31. The Balaban J connectivity index is 1.70. The molecule has 1 aliphatic carbocycles. The van der Waals surface area contributed by atoms with Crippen LogP contribution in [-0.2, 0) is 4.79 Å². The number of amides is 2. The second-order valence-corrected chi connectivity index (χ2v) is 7.60. The standard InChI is InChI=1S/C20H20Cl2N2O2/c1-11(2)23-19(25)13-5-3-4-6-18(13)24-20(26)15-10-14(15)12-7-8-16(21)17(22)9-12/h3-9,11,14-15H,10H2,1-2H3,(H,23,25)(H,24,26). The number of rotatable bonds is 5. The highest BCUT2D eigenvalue weighted by atomic mass is 35.5. The predicted molar refractivity (Wildman–Crippen MR) is 105 cm³/mol. The third kappa shape index (κ3) is 4.19. The van der Waals surface area contributed by atoms with E-state index in [9.17, 15) is 9.59 Å². The minimum Gasteiger partial charge on any atom is -0.350 e. The molecule has 1 aliphatic rings. The largest absolute Gasteiger partial charge is 0.350 e. The lowest BCUT2D eigenvalue weighted by Gasteiger charge is -2.13. The molecule has 0 heterocycles. The van der Waals surface area contributed by atoms with Crippen LogP contribution in [0, 0.1) is 5.92 Å². The van der Waals surface area contributed by atoms with Gasteiger partial charge in [-0.15, -0.1) is 0 Å². The zero-order chi connectivity index (χ0) is 18.8. The Morgan fingerprint density at radius 2 is 1.81 bits per heavy atom. The van der Waals surface area contributed by atoms with Crippen LogP contribution in [0.25, 0.3) is 0 Å². The zero-order valence-electron chi connectivity index (χ0n) is 14.6. The highest BCUT2D eigenvalue weighted by molar-refractivity contribution is 6.42. The molecule has 1 saturated carbocycles. The van der Waals surface area contributed by atoms with Crippen LogP contribution in [0.4, 0.5) is 5.69 Å². The molecule has 2 amide bonds. The molecule has 2 aromatic carbocycles. The van der Waals surface area contributed by atoms with Gasteiger partial charge in [0.15, 0.2) is 0 Å². The van der Waals surface area contributed by atoms with E-state index in [2.05, 4.69) is 10.6 Å². The molecule has 136 valence electrons. The number of nitrogens with one attached hydrogen (secondary N) is 2. The smallest absolute Gasteiger partial charge is 0.253 e. The minimum atomic E-state index is -0.201. The summed E-state index contributed by atoms with van der Waals surface area (Å²) in [7, 11) is 0. The number of hydrogen-bond donors (Lipinski definition) is 2. The van der Waals surface area contributed by atoms with Crippen molar-refractivity contribution in [3.63, 3.8) is 0 Å². The van der Waals surface area contributed by atoms with E-state index in [0.717, 1.165) is 12.0 Å². The average molecular weight is 391 g/mol. The van der Waals surface area contributed by atoms with Gasteiger partial charge in [0.1, 0.15) is 0 Å². The van der Waals surface area contributed by atoms with Crippen LogP contribution in [0.3, 0.4) is 0 Å². The van der Waals surface area contributed by atoms with Crippen molar-refractivity contribution < 1.29 is 9.59 Å². The fraction of sp³-hybridized carbons (Fsp3) is 0.300. The van der Waals surface area contributed by atoms with Crippen LogP contribution >= 0.6 is 23.2 Å². The Morgan fingerprint density at radius 3 is 2.50 bits per heavy atom. The molecule has 2 atom stereocenters. The van der Waals surface area contributed by atoms with Crippen LogP contribution in [0.1, 0.15) is 42.1 Å². The Kier molecular flexibility index (Phi) is 5.54. The maximum absolute atomic E-state index is 12.6. The molecule has 0 aliphatic heterocycles. The van der Waals surface area contributed by atoms with Gasteiger partial charge in [0, 0.05) is 12.0 Å². The van der Waals surface area contributed by atoms with Crippen molar-refractivity contribution in [1.82, 2.24) is 5.32 Å². The highest BCUT2D eigenvalue weighted by Crippen LogP contribution is 2.49. The summed E-state index contributed by atoms with van der Waals surface area (Å²) in [5.74, 6) is -0.298. The normalized spacial score (nSPS) is 18.5. The molecular formula is C20H20Cl2N2O2. The molecule has 0 bridgehead atoms. The monoisotopic (exact) mass is 390 g/mol. The predicted octanol–water partition coefficient (Wildman–Crippen LogP) is 4.87. The van der Waals surface area contributed by atoms with E-state index in [1.54, 1.807) is 30.3 Å². The lowest BCUT2D eigenvalue weighted by molar-refractivity contribution is -0.117. The van der Waals surface area contributed by atoms with Crippen LogP contribution in [0.2, 0.25) is 10.0 Å². The highest BCUT2D eigenvalue weighted by Gasteiger charge is 2.44. The first-order valence-corrected chi connectivity index (χ1v) is 9.28. The van der Waals surface area contributed by atoms with E-state index in [4.69, 9.17) is 23.2 Å². The molecule has 3 rings (SSSR count). The summed E-state index contributed by atoms with van der Waals surface area (Å²) in [5, 5.41) is 6.73. The number of anilines is 1. The number of halogens is 2. The van der Waals surface area contributed by atoms with Crippen molar-refractivity contribution in [1.29, 1.82) is 0 Å². The van der Waals surface area contributed by atoms with E-state index in [0.29, 0.717) is 21.3 Å². The van der Waals surface area contributed by atoms with Gasteiger partial charge < -0.3 is 10.6 Å². The number of hydrogen-bond acceptors (Lipinski definition) is 2. The van der Waals surface area contributed by atoms with Gasteiger partial charge in [-0.05, 0) is 56.0 Å². The van der Waals surface area contributed by atoms with Gasteiger partial charge in [-0.3, -0.25) is 9.59 Å². The van der Waals surface area contributed by atoms with Crippen LogP contribution in [0.5, 0.6) is 0 Å².